The molecule has 1 aromatic heterocycles. The average molecular weight is 752 g/mol. The lowest BCUT2D eigenvalue weighted by molar-refractivity contribution is 0.674. The van der Waals surface area contributed by atoms with E-state index in [4.69, 9.17) is 4.42 Å². The van der Waals surface area contributed by atoms with Gasteiger partial charge >= 0.3 is 0 Å². The molecule has 0 saturated carbocycles. The Kier molecular flexibility index (Phi) is 7.48. The predicted molar refractivity (Wildman–Crippen MR) is 246 cm³/mol. The molecule has 0 aliphatic heterocycles. The lowest BCUT2D eigenvalue weighted by atomic mass is 9.68. The van der Waals surface area contributed by atoms with Gasteiger partial charge in [0.1, 0.15) is 11.2 Å². The smallest absolute Gasteiger partial charge is 0.143 e. The molecular weight excluding hydrogens is 715 g/mol. The molecule has 0 bridgehead atoms. The van der Waals surface area contributed by atoms with Crippen LogP contribution in [0.1, 0.15) is 22.3 Å². The van der Waals surface area contributed by atoms with E-state index in [2.05, 4.69) is 229 Å². The minimum Gasteiger partial charge on any atom is -0.455 e. The van der Waals surface area contributed by atoms with Crippen molar-refractivity contribution in [2.24, 2.45) is 0 Å². The number of benzene rings is 10. The number of hydrogen-bond acceptors (Lipinski definition) is 2. The first kappa shape index (κ1) is 33.5. The van der Waals surface area contributed by atoms with Gasteiger partial charge < -0.3 is 9.32 Å². The second-order valence-electron chi connectivity index (χ2n) is 15.6. The van der Waals surface area contributed by atoms with Gasteiger partial charge in [0.15, 0.2) is 0 Å². The van der Waals surface area contributed by atoms with Crippen LogP contribution in [0.4, 0.5) is 17.1 Å². The number of fused-ring (bicyclic) bond motifs is 10. The molecule has 59 heavy (non-hydrogen) atoms. The van der Waals surface area contributed by atoms with Crippen LogP contribution >= 0.6 is 0 Å². The molecule has 0 N–H and O–H groups in total. The van der Waals surface area contributed by atoms with Gasteiger partial charge in [-0.15, -0.1) is 0 Å². The Bertz CT molecular complexity index is 3320. The summed E-state index contributed by atoms with van der Waals surface area (Å²) in [5.41, 5.74) is 14.6. The van der Waals surface area contributed by atoms with Crippen molar-refractivity contribution in [1.29, 1.82) is 0 Å². The van der Waals surface area contributed by atoms with Crippen LogP contribution in [0.25, 0.3) is 65.7 Å². The summed E-state index contributed by atoms with van der Waals surface area (Å²) in [5, 5.41) is 7.04. The van der Waals surface area contributed by atoms with Crippen molar-refractivity contribution in [2.45, 2.75) is 5.41 Å². The highest BCUT2D eigenvalue weighted by Gasteiger charge is 2.45. The number of furan rings is 1. The van der Waals surface area contributed by atoms with Crippen LogP contribution in [-0.4, -0.2) is 0 Å². The second kappa shape index (κ2) is 13.2. The zero-order chi connectivity index (χ0) is 38.9. The maximum atomic E-state index is 6.90. The fraction of sp³-hybridized carbons (Fsp3) is 0.0175. The molecule has 2 heteroatoms. The van der Waals surface area contributed by atoms with Crippen molar-refractivity contribution in [3.8, 4) is 22.3 Å². The fourth-order valence-corrected chi connectivity index (χ4v) is 9.96. The molecule has 2 nitrogen and oxygen atoms in total. The van der Waals surface area contributed by atoms with Crippen molar-refractivity contribution in [1.82, 2.24) is 0 Å². The largest absolute Gasteiger partial charge is 0.455 e. The molecule has 0 saturated heterocycles. The van der Waals surface area contributed by atoms with Gasteiger partial charge in [-0.05, 0) is 97.6 Å². The first-order chi connectivity index (χ1) is 29.3. The monoisotopic (exact) mass is 751 g/mol. The molecule has 0 fully saturated rings. The van der Waals surface area contributed by atoms with Crippen molar-refractivity contribution in [3.05, 3.63) is 247 Å². The third kappa shape index (κ3) is 5.00. The van der Waals surface area contributed by atoms with E-state index in [9.17, 15) is 0 Å². The number of rotatable bonds is 6. The van der Waals surface area contributed by atoms with Crippen molar-refractivity contribution < 1.29 is 4.42 Å². The van der Waals surface area contributed by atoms with Gasteiger partial charge in [-0.1, -0.05) is 182 Å². The fourth-order valence-electron chi connectivity index (χ4n) is 9.96. The maximum absolute atomic E-state index is 6.90. The minimum absolute atomic E-state index is 0.441. The Morgan fingerprint density at radius 2 is 0.831 bits per heavy atom. The molecule has 12 rings (SSSR count). The third-order valence-corrected chi connectivity index (χ3v) is 12.5. The van der Waals surface area contributed by atoms with E-state index in [1.54, 1.807) is 0 Å². The summed E-state index contributed by atoms with van der Waals surface area (Å²) < 4.78 is 6.90. The number of nitrogens with zero attached hydrogens (tertiary/aromatic N) is 1. The summed E-state index contributed by atoms with van der Waals surface area (Å²) in [4.78, 5) is 2.35. The summed E-state index contributed by atoms with van der Waals surface area (Å²) in [6.45, 7) is 0. The van der Waals surface area contributed by atoms with E-state index in [-0.39, 0.29) is 0 Å². The lowest BCUT2D eigenvalue weighted by Gasteiger charge is -2.34. The topological polar surface area (TPSA) is 16.4 Å². The Labute approximate surface area is 342 Å². The molecule has 11 aromatic rings. The number of anilines is 3. The second-order valence-corrected chi connectivity index (χ2v) is 15.6. The maximum Gasteiger partial charge on any atom is 0.143 e. The van der Waals surface area contributed by atoms with E-state index < -0.39 is 5.41 Å². The molecule has 0 unspecified atom stereocenters. The highest BCUT2D eigenvalue weighted by Crippen LogP contribution is 2.56. The van der Waals surface area contributed by atoms with Crippen LogP contribution in [0.5, 0.6) is 0 Å². The molecular formula is C57H37NO. The summed E-state index contributed by atoms with van der Waals surface area (Å²) >= 11 is 0. The highest BCUT2D eigenvalue weighted by atomic mass is 16.3. The Balaban J connectivity index is 0.972. The zero-order valence-electron chi connectivity index (χ0n) is 32.2. The molecule has 0 atom stereocenters. The molecule has 10 aromatic carbocycles. The summed E-state index contributed by atoms with van der Waals surface area (Å²) in [6.07, 6.45) is 0. The Morgan fingerprint density at radius 3 is 1.56 bits per heavy atom. The molecule has 276 valence electrons. The van der Waals surface area contributed by atoms with Crippen LogP contribution < -0.4 is 4.90 Å². The normalized spacial score (nSPS) is 12.9. The van der Waals surface area contributed by atoms with Gasteiger partial charge in [0.05, 0.1) is 5.41 Å². The molecule has 0 amide bonds. The zero-order valence-corrected chi connectivity index (χ0v) is 32.2. The van der Waals surface area contributed by atoms with Gasteiger partial charge in [-0.25, -0.2) is 0 Å². The summed E-state index contributed by atoms with van der Waals surface area (Å²) in [5.74, 6) is 0. The summed E-state index contributed by atoms with van der Waals surface area (Å²) in [6, 6.07) is 81.5. The van der Waals surface area contributed by atoms with Crippen LogP contribution in [0, 0.1) is 0 Å². The van der Waals surface area contributed by atoms with E-state index in [1.165, 1.54) is 54.9 Å². The minimum atomic E-state index is -0.441. The summed E-state index contributed by atoms with van der Waals surface area (Å²) in [7, 11) is 0. The van der Waals surface area contributed by atoms with Crippen LogP contribution in [0.3, 0.4) is 0 Å². The van der Waals surface area contributed by atoms with E-state index >= 15 is 0 Å². The van der Waals surface area contributed by atoms with E-state index in [0.29, 0.717) is 0 Å². The third-order valence-electron chi connectivity index (χ3n) is 12.5. The van der Waals surface area contributed by atoms with E-state index in [1.807, 2.05) is 0 Å². The van der Waals surface area contributed by atoms with Crippen molar-refractivity contribution in [2.75, 3.05) is 4.90 Å². The van der Waals surface area contributed by atoms with Crippen LogP contribution in [0.2, 0.25) is 0 Å². The first-order valence-corrected chi connectivity index (χ1v) is 20.3. The van der Waals surface area contributed by atoms with Gasteiger partial charge in [0.2, 0.25) is 0 Å². The number of para-hydroxylation sites is 2. The van der Waals surface area contributed by atoms with Gasteiger partial charge in [0.25, 0.3) is 0 Å². The Hall–Kier alpha value is -7.68. The standard InChI is InChI=1S/C57H37NO/c1-3-15-41(16-4-1)57(52-24-11-9-20-48(52)49-21-10-12-25-53(49)57)42-31-35-45(36-32-42)58(43-17-5-2-6-18-43)44-33-28-39(29-34-44)47-22-13-23-50-51-37-30-40-27-26-38-14-7-8-19-46(38)54(40)56(51)59-55(47)50/h1-37H. The van der Waals surface area contributed by atoms with Gasteiger partial charge in [0, 0.05) is 38.8 Å². The van der Waals surface area contributed by atoms with Crippen LogP contribution in [0.15, 0.2) is 229 Å². The quantitative estimate of drug-likeness (QED) is 0.157. The van der Waals surface area contributed by atoms with Gasteiger partial charge in [-0.3, -0.25) is 0 Å². The lowest BCUT2D eigenvalue weighted by Crippen LogP contribution is -2.28. The van der Waals surface area contributed by atoms with Crippen LogP contribution in [-0.2, 0) is 5.41 Å². The highest BCUT2D eigenvalue weighted by molar-refractivity contribution is 6.24. The van der Waals surface area contributed by atoms with E-state index in [0.717, 1.165) is 50.1 Å². The SMILES string of the molecule is c1ccc(N(c2ccc(-c3cccc4c3oc3c4ccc4ccc5ccccc5c43)cc2)c2ccc(C3(c4ccccc4)c4ccccc4-c4ccccc43)cc2)cc1. The number of hydrogen-bond donors (Lipinski definition) is 0. The predicted octanol–water partition coefficient (Wildman–Crippen LogP) is 15.4. The van der Waals surface area contributed by atoms with Crippen molar-refractivity contribution >= 4 is 60.5 Å². The Morgan fingerprint density at radius 1 is 0.322 bits per heavy atom. The molecule has 1 aliphatic rings. The first-order valence-electron chi connectivity index (χ1n) is 20.3. The molecule has 1 heterocycles. The molecule has 1 aliphatic carbocycles. The van der Waals surface area contributed by atoms with Crippen molar-refractivity contribution in [3.63, 3.8) is 0 Å². The average Bonchev–Trinajstić information content (AvgIpc) is 3.85. The van der Waals surface area contributed by atoms with Gasteiger partial charge in [-0.2, -0.15) is 0 Å². The molecule has 0 radical (unpaired) electrons. The molecule has 0 spiro atoms.